The lowest BCUT2D eigenvalue weighted by Gasteiger charge is -2.15. The molecule has 1 fully saturated rings. The molecule has 2 N–H and O–H groups in total. The summed E-state index contributed by atoms with van der Waals surface area (Å²) in [6.45, 7) is -0.450. The number of anilines is 1. The molecule has 0 aromatic carbocycles. The Kier molecular flexibility index (Phi) is 4.69. The molecule has 3 heterocycles. The third-order valence-corrected chi connectivity index (χ3v) is 3.77. The molecule has 1 aliphatic heterocycles. The molecule has 0 radical (unpaired) electrons. The summed E-state index contributed by atoms with van der Waals surface area (Å²) < 4.78 is 49.1. The normalized spacial score (nSPS) is 21.4. The van der Waals surface area contributed by atoms with Crippen molar-refractivity contribution in [3.05, 3.63) is 12.1 Å². The molecule has 0 aliphatic carbocycles. The van der Waals surface area contributed by atoms with Gasteiger partial charge >= 0.3 is 6.18 Å². The second-order valence-electron chi connectivity index (χ2n) is 6.28. The Bertz CT molecular complexity index is 726. The van der Waals surface area contributed by atoms with Gasteiger partial charge in [0, 0.05) is 12.7 Å². The molecule has 1 aliphatic rings. The minimum Gasteiger partial charge on any atom is -0.382 e. The average Bonchev–Trinajstić information content (AvgIpc) is 3.15. The van der Waals surface area contributed by atoms with Crippen LogP contribution in [0.15, 0.2) is 10.7 Å². The number of likely N-dealkylation sites (N-methyl/N-ethyl adjacent to an activating group) is 1. The molecule has 0 unspecified atom stereocenters. The third-order valence-electron chi connectivity index (χ3n) is 3.77. The first-order chi connectivity index (χ1) is 11.7. The number of nitrogen functional groups attached to an aromatic ring is 1. The van der Waals surface area contributed by atoms with Crippen molar-refractivity contribution >= 4 is 5.82 Å². The van der Waals surface area contributed by atoms with Crippen LogP contribution in [0.4, 0.5) is 19.0 Å². The van der Waals surface area contributed by atoms with Crippen LogP contribution in [-0.2, 0) is 11.3 Å². The van der Waals surface area contributed by atoms with Gasteiger partial charge in [0.1, 0.15) is 12.6 Å². The van der Waals surface area contributed by atoms with Crippen molar-refractivity contribution in [3.8, 4) is 11.4 Å². The van der Waals surface area contributed by atoms with Gasteiger partial charge in [0.05, 0.1) is 11.7 Å². The standard InChI is InChI=1S/C14H19F3N6O2/c1-22(2)5-8-3-4-10(24-8)13-19-12(21-25-13)9-6-23(20-11(9)18)7-14(15,16)17/h6,8,10H,3-5,7H2,1-2H3,(H2,18,20)/t8-,10+/m0/s1. The van der Waals surface area contributed by atoms with Crippen LogP contribution in [0.5, 0.6) is 0 Å². The minimum absolute atomic E-state index is 0.0787. The second kappa shape index (κ2) is 6.64. The lowest BCUT2D eigenvalue weighted by Crippen LogP contribution is -2.25. The van der Waals surface area contributed by atoms with Crippen molar-refractivity contribution in [3.63, 3.8) is 0 Å². The van der Waals surface area contributed by atoms with Gasteiger partial charge in [-0.3, -0.25) is 4.68 Å². The van der Waals surface area contributed by atoms with Crippen LogP contribution in [0.3, 0.4) is 0 Å². The Morgan fingerprint density at radius 2 is 2.12 bits per heavy atom. The lowest BCUT2D eigenvalue weighted by molar-refractivity contribution is -0.142. The van der Waals surface area contributed by atoms with Crippen LogP contribution in [-0.4, -0.2) is 57.7 Å². The number of nitrogens with two attached hydrogens (primary N) is 1. The molecule has 0 amide bonds. The monoisotopic (exact) mass is 360 g/mol. The van der Waals surface area contributed by atoms with E-state index in [1.54, 1.807) is 0 Å². The number of aromatic nitrogens is 4. The zero-order valence-corrected chi connectivity index (χ0v) is 13.8. The van der Waals surface area contributed by atoms with Crippen molar-refractivity contribution in [1.82, 2.24) is 24.8 Å². The molecule has 8 nitrogen and oxygen atoms in total. The van der Waals surface area contributed by atoms with Crippen LogP contribution in [0.25, 0.3) is 11.4 Å². The maximum Gasteiger partial charge on any atom is 0.408 e. The first-order valence-electron chi connectivity index (χ1n) is 7.75. The van der Waals surface area contributed by atoms with Gasteiger partial charge < -0.3 is 19.9 Å². The average molecular weight is 360 g/mol. The highest BCUT2D eigenvalue weighted by Crippen LogP contribution is 2.33. The van der Waals surface area contributed by atoms with Crippen LogP contribution >= 0.6 is 0 Å². The van der Waals surface area contributed by atoms with Gasteiger partial charge in [-0.05, 0) is 26.9 Å². The Balaban J connectivity index is 1.72. The van der Waals surface area contributed by atoms with Crippen molar-refractivity contribution in [2.45, 2.75) is 37.8 Å². The predicted molar refractivity (Wildman–Crippen MR) is 81.4 cm³/mol. The first kappa shape index (κ1) is 17.7. The van der Waals surface area contributed by atoms with E-state index in [2.05, 4.69) is 15.2 Å². The molecular formula is C14H19F3N6O2. The summed E-state index contributed by atoms with van der Waals surface area (Å²) in [5.41, 5.74) is 5.87. The molecular weight excluding hydrogens is 341 g/mol. The Morgan fingerprint density at radius 1 is 1.36 bits per heavy atom. The highest BCUT2D eigenvalue weighted by Gasteiger charge is 2.32. The van der Waals surface area contributed by atoms with Gasteiger partial charge in [-0.25, -0.2) is 0 Å². The maximum absolute atomic E-state index is 12.4. The lowest BCUT2D eigenvalue weighted by atomic mass is 10.2. The number of alkyl halides is 3. The molecule has 2 aromatic rings. The van der Waals surface area contributed by atoms with Gasteiger partial charge in [0.15, 0.2) is 5.82 Å². The molecule has 1 saturated heterocycles. The molecule has 3 rings (SSSR count). The quantitative estimate of drug-likeness (QED) is 0.869. The van der Waals surface area contributed by atoms with E-state index >= 15 is 0 Å². The molecule has 138 valence electrons. The van der Waals surface area contributed by atoms with Crippen molar-refractivity contribution in [2.24, 2.45) is 0 Å². The molecule has 25 heavy (non-hydrogen) atoms. The number of halogens is 3. The van der Waals surface area contributed by atoms with Gasteiger partial charge in [-0.1, -0.05) is 5.16 Å². The number of hydrogen-bond acceptors (Lipinski definition) is 7. The van der Waals surface area contributed by atoms with Crippen LogP contribution in [0.2, 0.25) is 0 Å². The summed E-state index contributed by atoms with van der Waals surface area (Å²) in [5.74, 6) is 0.300. The highest BCUT2D eigenvalue weighted by molar-refractivity contribution is 5.66. The Morgan fingerprint density at radius 3 is 2.80 bits per heavy atom. The van der Waals surface area contributed by atoms with Crippen LogP contribution in [0.1, 0.15) is 24.8 Å². The van der Waals surface area contributed by atoms with Crippen molar-refractivity contribution in [1.29, 1.82) is 0 Å². The fraction of sp³-hybridized carbons (Fsp3) is 0.643. The van der Waals surface area contributed by atoms with E-state index in [-0.39, 0.29) is 29.4 Å². The summed E-state index contributed by atoms with van der Waals surface area (Å²) in [7, 11) is 3.92. The van der Waals surface area contributed by atoms with E-state index in [1.165, 1.54) is 0 Å². The SMILES string of the molecule is CN(C)C[C@@H]1CC[C@H](c2nc(-c3cn(CC(F)(F)F)nc3N)no2)O1. The van der Waals surface area contributed by atoms with Crippen molar-refractivity contribution in [2.75, 3.05) is 26.4 Å². The van der Waals surface area contributed by atoms with Crippen molar-refractivity contribution < 1.29 is 22.4 Å². The van der Waals surface area contributed by atoms with Gasteiger partial charge in [-0.2, -0.15) is 23.3 Å². The summed E-state index contributed by atoms with van der Waals surface area (Å²) in [5, 5.41) is 7.44. The summed E-state index contributed by atoms with van der Waals surface area (Å²) in [4.78, 5) is 6.25. The molecule has 0 spiro atoms. The fourth-order valence-electron chi connectivity index (χ4n) is 2.78. The van der Waals surface area contributed by atoms with E-state index in [1.807, 2.05) is 19.0 Å². The van der Waals surface area contributed by atoms with Gasteiger partial charge in [0.2, 0.25) is 5.82 Å². The molecule has 11 heteroatoms. The molecule has 2 aromatic heterocycles. The Labute approximate surface area is 141 Å². The first-order valence-corrected chi connectivity index (χ1v) is 7.75. The van der Waals surface area contributed by atoms with Crippen LogP contribution < -0.4 is 5.73 Å². The zero-order valence-electron chi connectivity index (χ0n) is 13.8. The topological polar surface area (TPSA) is 95.2 Å². The third kappa shape index (κ3) is 4.28. The second-order valence-corrected chi connectivity index (χ2v) is 6.28. The number of hydrogen-bond donors (Lipinski definition) is 1. The van der Waals surface area contributed by atoms with Crippen LogP contribution in [0, 0.1) is 0 Å². The van der Waals surface area contributed by atoms with E-state index < -0.39 is 12.7 Å². The number of nitrogens with zero attached hydrogens (tertiary/aromatic N) is 5. The minimum atomic E-state index is -4.39. The molecule has 0 bridgehead atoms. The number of rotatable bonds is 5. The summed E-state index contributed by atoms with van der Waals surface area (Å²) in [6.07, 6.45) is -1.87. The van der Waals surface area contributed by atoms with Gasteiger partial charge in [-0.15, -0.1) is 0 Å². The predicted octanol–water partition coefficient (Wildman–Crippen LogP) is 1.86. The summed E-state index contributed by atoms with van der Waals surface area (Å²) >= 11 is 0. The largest absolute Gasteiger partial charge is 0.408 e. The highest BCUT2D eigenvalue weighted by atomic mass is 19.4. The number of ether oxygens (including phenoxy) is 1. The van der Waals surface area contributed by atoms with E-state index in [4.69, 9.17) is 15.0 Å². The molecule has 0 saturated carbocycles. The maximum atomic E-state index is 12.4. The van der Waals surface area contributed by atoms with E-state index in [0.717, 1.165) is 25.6 Å². The zero-order chi connectivity index (χ0) is 18.2. The smallest absolute Gasteiger partial charge is 0.382 e. The van der Waals surface area contributed by atoms with E-state index in [9.17, 15) is 13.2 Å². The summed E-state index contributed by atoms with van der Waals surface area (Å²) in [6, 6.07) is 0. The molecule has 2 atom stereocenters. The van der Waals surface area contributed by atoms with E-state index in [0.29, 0.717) is 10.6 Å². The Hall–Kier alpha value is -2.14. The van der Waals surface area contributed by atoms with Gasteiger partial charge in [0.25, 0.3) is 5.89 Å². The fourth-order valence-corrected chi connectivity index (χ4v) is 2.78.